The Kier molecular flexibility index (Phi) is 5.67. The fraction of sp³-hybridized carbons (Fsp3) is 0.333. The van der Waals surface area contributed by atoms with E-state index in [4.69, 9.17) is 4.74 Å². The number of esters is 1. The maximum absolute atomic E-state index is 12.5. The van der Waals surface area contributed by atoms with E-state index in [-0.39, 0.29) is 22.3 Å². The number of rotatable bonds is 7. The molecule has 7 heteroatoms. The van der Waals surface area contributed by atoms with Crippen molar-refractivity contribution in [2.24, 2.45) is 0 Å². The average molecular weight is 401 g/mol. The lowest BCUT2D eigenvalue weighted by atomic mass is 10.0. The number of Topliss-reactive ketones (excluding diaryl/α,β-unsaturated/α-hetero) is 1. The molecule has 3 rings (SSSR count). The fourth-order valence-corrected chi connectivity index (χ4v) is 4.04. The van der Waals surface area contributed by atoms with E-state index in [1.54, 1.807) is 12.1 Å². The Morgan fingerprint density at radius 2 is 1.75 bits per heavy atom. The lowest BCUT2D eigenvalue weighted by Gasteiger charge is -2.14. The van der Waals surface area contributed by atoms with Crippen LogP contribution in [-0.4, -0.2) is 32.3 Å². The summed E-state index contributed by atoms with van der Waals surface area (Å²) in [6.07, 6.45) is 0.650. The van der Waals surface area contributed by atoms with Crippen LogP contribution in [0.4, 0.5) is 0 Å². The molecular weight excluding hydrogens is 378 g/mol. The van der Waals surface area contributed by atoms with E-state index >= 15 is 0 Å². The van der Waals surface area contributed by atoms with Crippen molar-refractivity contribution in [3.63, 3.8) is 0 Å². The Balaban J connectivity index is 1.72. The van der Waals surface area contributed by atoms with Crippen LogP contribution >= 0.6 is 0 Å². The largest absolute Gasteiger partial charge is 0.451 e. The van der Waals surface area contributed by atoms with Crippen molar-refractivity contribution in [3.8, 4) is 0 Å². The Morgan fingerprint density at radius 3 is 2.39 bits per heavy atom. The number of sulfonamides is 1. The Morgan fingerprint density at radius 1 is 1.04 bits per heavy atom. The molecule has 1 unspecified atom stereocenters. The molecule has 0 heterocycles. The second-order valence-electron chi connectivity index (χ2n) is 7.13. The number of carbonyl (C=O) groups is 2. The quantitative estimate of drug-likeness (QED) is 0.569. The third kappa shape index (κ3) is 4.66. The normalized spacial score (nSPS) is 15.1. The third-order valence-corrected chi connectivity index (χ3v) is 6.24. The molecule has 0 saturated heterocycles. The summed E-state index contributed by atoms with van der Waals surface area (Å²) in [5.74, 6) is -1.05. The lowest BCUT2D eigenvalue weighted by molar-refractivity contribution is 0.0318. The van der Waals surface area contributed by atoms with Crippen molar-refractivity contribution in [2.75, 3.05) is 0 Å². The van der Waals surface area contributed by atoms with E-state index in [1.807, 2.05) is 19.9 Å². The van der Waals surface area contributed by atoms with Gasteiger partial charge in [-0.3, -0.25) is 4.79 Å². The van der Waals surface area contributed by atoms with Gasteiger partial charge in [-0.25, -0.2) is 17.9 Å². The van der Waals surface area contributed by atoms with Gasteiger partial charge in [-0.2, -0.15) is 0 Å². The number of benzene rings is 2. The first-order valence-corrected chi connectivity index (χ1v) is 10.6. The molecular formula is C21H23NO5S. The number of nitrogens with one attached hydrogen (secondary N) is 1. The predicted octanol–water partition coefficient (Wildman–Crippen LogP) is 3.17. The molecule has 0 bridgehead atoms. The molecule has 1 aliphatic rings. The summed E-state index contributed by atoms with van der Waals surface area (Å²) in [4.78, 5) is 25.0. The third-order valence-electron chi connectivity index (χ3n) is 4.72. The molecule has 1 saturated carbocycles. The molecule has 2 aromatic carbocycles. The molecule has 1 atom stereocenters. The highest BCUT2D eigenvalue weighted by atomic mass is 32.2. The summed E-state index contributed by atoms with van der Waals surface area (Å²) in [7, 11) is -3.67. The molecule has 1 N–H and O–H groups in total. The van der Waals surface area contributed by atoms with Gasteiger partial charge in [0.25, 0.3) is 0 Å². The van der Waals surface area contributed by atoms with E-state index in [1.165, 1.54) is 31.2 Å². The van der Waals surface area contributed by atoms with Crippen molar-refractivity contribution in [1.82, 2.24) is 4.72 Å². The van der Waals surface area contributed by atoms with Crippen LogP contribution in [0, 0.1) is 13.8 Å². The fourth-order valence-electron chi connectivity index (χ4n) is 2.69. The number of aryl methyl sites for hydroxylation is 2. The maximum Gasteiger partial charge on any atom is 0.338 e. The first-order valence-electron chi connectivity index (χ1n) is 9.12. The molecule has 2 aromatic rings. The van der Waals surface area contributed by atoms with Gasteiger partial charge in [0.15, 0.2) is 6.10 Å². The van der Waals surface area contributed by atoms with Crippen LogP contribution in [0.1, 0.15) is 51.6 Å². The predicted molar refractivity (Wildman–Crippen MR) is 105 cm³/mol. The van der Waals surface area contributed by atoms with Gasteiger partial charge in [0.1, 0.15) is 0 Å². The summed E-state index contributed by atoms with van der Waals surface area (Å²) >= 11 is 0. The summed E-state index contributed by atoms with van der Waals surface area (Å²) < 4.78 is 32.5. The van der Waals surface area contributed by atoms with Crippen molar-refractivity contribution in [3.05, 3.63) is 64.7 Å². The maximum atomic E-state index is 12.5. The highest BCUT2D eigenvalue weighted by Gasteiger charge is 2.28. The van der Waals surface area contributed by atoms with Gasteiger partial charge in [0, 0.05) is 11.6 Å². The molecule has 0 aliphatic heterocycles. The molecule has 0 spiro atoms. The lowest BCUT2D eigenvalue weighted by Crippen LogP contribution is -2.26. The second kappa shape index (κ2) is 7.85. The Hall–Kier alpha value is -2.51. The van der Waals surface area contributed by atoms with E-state index in [0.717, 1.165) is 24.0 Å². The molecule has 6 nitrogen and oxygen atoms in total. The van der Waals surface area contributed by atoms with E-state index < -0.39 is 22.1 Å². The van der Waals surface area contributed by atoms with Crippen LogP contribution in [0.5, 0.6) is 0 Å². The zero-order valence-electron chi connectivity index (χ0n) is 16.1. The number of hydrogen-bond donors (Lipinski definition) is 1. The minimum absolute atomic E-state index is 0.00184. The van der Waals surface area contributed by atoms with Crippen LogP contribution < -0.4 is 4.72 Å². The second-order valence-corrected chi connectivity index (χ2v) is 8.85. The highest BCUT2D eigenvalue weighted by molar-refractivity contribution is 7.89. The first-order chi connectivity index (χ1) is 13.2. The first kappa shape index (κ1) is 20.2. The monoisotopic (exact) mass is 401 g/mol. The van der Waals surface area contributed by atoms with E-state index in [2.05, 4.69) is 4.72 Å². The van der Waals surface area contributed by atoms with Crippen molar-refractivity contribution >= 4 is 21.8 Å². The number of ketones is 1. The summed E-state index contributed by atoms with van der Waals surface area (Å²) in [5, 5.41) is 0. The SMILES string of the molecule is Cc1ccc(C(=O)C(C)OC(=O)c2cccc(S(=O)(=O)NC3CC3)c2)cc1C. The summed E-state index contributed by atoms with van der Waals surface area (Å²) in [5.41, 5.74) is 2.59. The summed E-state index contributed by atoms with van der Waals surface area (Å²) in [6, 6.07) is 10.9. The van der Waals surface area contributed by atoms with Crippen LogP contribution in [0.15, 0.2) is 47.4 Å². The Bertz CT molecular complexity index is 1020. The van der Waals surface area contributed by atoms with Gasteiger partial charge < -0.3 is 4.74 Å². The van der Waals surface area contributed by atoms with E-state index in [9.17, 15) is 18.0 Å². The molecule has 0 aromatic heterocycles. The van der Waals surface area contributed by atoms with Gasteiger partial charge in [-0.05, 0) is 69.0 Å². The minimum atomic E-state index is -3.67. The zero-order chi connectivity index (χ0) is 20.5. The Labute approximate surface area is 165 Å². The van der Waals surface area contributed by atoms with Crippen molar-refractivity contribution in [2.45, 2.75) is 50.7 Å². The van der Waals surface area contributed by atoms with Crippen molar-refractivity contribution < 1.29 is 22.7 Å². The van der Waals surface area contributed by atoms with Gasteiger partial charge in [-0.1, -0.05) is 18.2 Å². The molecule has 0 amide bonds. The molecule has 0 radical (unpaired) electrons. The average Bonchev–Trinajstić information content (AvgIpc) is 3.46. The van der Waals surface area contributed by atoms with Gasteiger partial charge in [0.2, 0.25) is 15.8 Å². The number of carbonyl (C=O) groups excluding carboxylic acids is 2. The van der Waals surface area contributed by atoms with Crippen LogP contribution in [0.25, 0.3) is 0 Å². The van der Waals surface area contributed by atoms with Gasteiger partial charge >= 0.3 is 5.97 Å². The van der Waals surface area contributed by atoms with Crippen molar-refractivity contribution in [1.29, 1.82) is 0 Å². The number of ether oxygens (including phenoxy) is 1. The molecule has 28 heavy (non-hydrogen) atoms. The topological polar surface area (TPSA) is 89.5 Å². The summed E-state index contributed by atoms with van der Waals surface area (Å²) in [6.45, 7) is 5.36. The van der Waals surface area contributed by atoms with Gasteiger partial charge in [-0.15, -0.1) is 0 Å². The molecule has 1 fully saturated rings. The number of hydrogen-bond acceptors (Lipinski definition) is 5. The van der Waals surface area contributed by atoms with Crippen LogP contribution in [-0.2, 0) is 14.8 Å². The van der Waals surface area contributed by atoms with Crippen LogP contribution in [0.2, 0.25) is 0 Å². The van der Waals surface area contributed by atoms with E-state index in [0.29, 0.717) is 5.56 Å². The van der Waals surface area contributed by atoms with Crippen LogP contribution in [0.3, 0.4) is 0 Å². The molecule has 148 valence electrons. The van der Waals surface area contributed by atoms with Gasteiger partial charge in [0.05, 0.1) is 10.5 Å². The molecule has 1 aliphatic carbocycles. The smallest absolute Gasteiger partial charge is 0.338 e. The zero-order valence-corrected chi connectivity index (χ0v) is 16.9. The minimum Gasteiger partial charge on any atom is -0.451 e. The standard InChI is InChI=1S/C21H23NO5S/c1-13-7-8-16(11-14(13)2)20(23)15(3)27-21(24)17-5-4-6-19(12-17)28(25,26)22-18-9-10-18/h4-8,11-12,15,18,22H,9-10H2,1-3H3. The highest BCUT2D eigenvalue weighted by Crippen LogP contribution is 2.23.